The number of ether oxygens (including phenoxy) is 4. The van der Waals surface area contributed by atoms with Crippen molar-refractivity contribution in [2.24, 2.45) is 0 Å². The minimum Gasteiger partial charge on any atom is -0.487 e. The summed E-state index contributed by atoms with van der Waals surface area (Å²) >= 11 is 6.48. The van der Waals surface area contributed by atoms with Crippen LogP contribution in [0.1, 0.15) is 45.6 Å². The summed E-state index contributed by atoms with van der Waals surface area (Å²) in [5, 5.41) is 20.0. The lowest BCUT2D eigenvalue weighted by molar-refractivity contribution is 0.00502. The number of hydrogen-bond donors (Lipinski definition) is 1. The van der Waals surface area contributed by atoms with Gasteiger partial charge in [-0.25, -0.2) is 14.6 Å². The lowest BCUT2D eigenvalue weighted by Crippen LogP contribution is -2.45. The molecular formula is C31H41ClN10O4. The molecule has 2 aliphatic rings. The van der Waals surface area contributed by atoms with E-state index in [0.29, 0.717) is 72.4 Å². The number of aromatic nitrogens is 8. The van der Waals surface area contributed by atoms with Crippen molar-refractivity contribution in [1.29, 1.82) is 0 Å². The third-order valence-corrected chi connectivity index (χ3v) is 8.58. The van der Waals surface area contributed by atoms with E-state index in [-0.39, 0.29) is 6.10 Å². The van der Waals surface area contributed by atoms with E-state index >= 15 is 0 Å². The van der Waals surface area contributed by atoms with E-state index in [9.17, 15) is 0 Å². The van der Waals surface area contributed by atoms with Crippen LogP contribution in [0.4, 0.5) is 11.6 Å². The molecule has 3 aromatic heterocycles. The molecule has 0 amide bonds. The highest BCUT2D eigenvalue weighted by atomic mass is 35.5. The third kappa shape index (κ3) is 8.29. The molecular weight excluding hydrogens is 612 g/mol. The first-order chi connectivity index (χ1) is 22.6. The Kier molecular flexibility index (Phi) is 10.9. The maximum atomic E-state index is 6.48. The Morgan fingerprint density at radius 2 is 1.91 bits per heavy atom. The number of benzene rings is 1. The summed E-state index contributed by atoms with van der Waals surface area (Å²) in [4.78, 5) is 11.9. The zero-order chi connectivity index (χ0) is 31.7. The fourth-order valence-electron chi connectivity index (χ4n) is 5.96. The zero-order valence-corrected chi connectivity index (χ0v) is 27.1. The van der Waals surface area contributed by atoms with Crippen LogP contribution < -0.4 is 14.8 Å². The lowest BCUT2D eigenvalue weighted by atomic mass is 9.90. The highest BCUT2D eigenvalue weighted by molar-refractivity contribution is 6.32. The first-order valence-electron chi connectivity index (χ1n) is 15.9. The molecule has 1 N–H and O–H groups in total. The van der Waals surface area contributed by atoms with E-state index < -0.39 is 0 Å². The second-order valence-corrected chi connectivity index (χ2v) is 11.9. The number of rotatable bonds is 14. The Hall–Kier alpha value is -3.85. The Morgan fingerprint density at radius 1 is 1.09 bits per heavy atom. The van der Waals surface area contributed by atoms with Gasteiger partial charge in [-0.1, -0.05) is 17.7 Å². The van der Waals surface area contributed by atoms with Crippen molar-refractivity contribution in [3.63, 3.8) is 0 Å². The molecule has 1 atom stereocenters. The second-order valence-electron chi connectivity index (χ2n) is 11.5. The van der Waals surface area contributed by atoms with Crippen LogP contribution >= 0.6 is 11.6 Å². The molecule has 14 nitrogen and oxygen atoms in total. The SMILES string of the molecule is CCOCCOc1nn(C2CCC(N3CCOCC3)CC2)cc1Nc1nccc(-c2ccc(Cl)c(O[C@@H](C)Cn3cnnn3)c2)n1. The number of tetrazole rings is 1. The molecule has 1 saturated heterocycles. The highest BCUT2D eigenvalue weighted by Crippen LogP contribution is 2.35. The predicted molar refractivity (Wildman–Crippen MR) is 172 cm³/mol. The quantitative estimate of drug-likeness (QED) is 0.193. The molecule has 4 aromatic rings. The lowest BCUT2D eigenvalue weighted by Gasteiger charge is -2.38. The smallest absolute Gasteiger partial charge is 0.257 e. The molecule has 15 heteroatoms. The molecule has 2 fully saturated rings. The van der Waals surface area contributed by atoms with Gasteiger partial charge in [-0.2, -0.15) is 0 Å². The molecule has 1 aliphatic carbocycles. The fraction of sp³-hybridized carbons (Fsp3) is 0.548. The van der Waals surface area contributed by atoms with Gasteiger partial charge < -0.3 is 24.3 Å². The first kappa shape index (κ1) is 32.1. The van der Waals surface area contributed by atoms with Gasteiger partial charge >= 0.3 is 0 Å². The minimum absolute atomic E-state index is 0.217. The monoisotopic (exact) mass is 652 g/mol. The number of nitrogens with zero attached hydrogens (tertiary/aromatic N) is 9. The van der Waals surface area contributed by atoms with Crippen LogP contribution in [0, 0.1) is 0 Å². The number of nitrogens with one attached hydrogen (secondary N) is 1. The van der Waals surface area contributed by atoms with Crippen LogP contribution in [0.5, 0.6) is 11.6 Å². The molecule has 1 aliphatic heterocycles. The first-order valence-corrected chi connectivity index (χ1v) is 16.3. The minimum atomic E-state index is -0.217. The van der Waals surface area contributed by atoms with E-state index in [0.717, 1.165) is 57.6 Å². The van der Waals surface area contributed by atoms with Crippen LogP contribution in [-0.2, 0) is 16.0 Å². The molecule has 0 spiro atoms. The standard InChI is InChI=1S/C31H41ClN10O4/c1-3-43-16-17-45-30-28(20-42(37-30)25-7-5-24(6-8-25)40-12-14-44-15-13-40)36-31-33-11-10-27(35-31)23-4-9-26(32)29(18-23)46-22(2)19-41-21-34-38-39-41/h4,9-11,18,20-22,24-25H,3,5-8,12-17,19H2,1-2H3,(H,33,35,36)/t22-,24?,25?/m0/s1. The molecule has 6 rings (SSSR count). The molecule has 1 saturated carbocycles. The summed E-state index contributed by atoms with van der Waals surface area (Å²) in [7, 11) is 0. The number of morpholine rings is 1. The van der Waals surface area contributed by atoms with Gasteiger partial charge in [0.1, 0.15) is 30.5 Å². The van der Waals surface area contributed by atoms with Crippen molar-refractivity contribution < 1.29 is 18.9 Å². The van der Waals surface area contributed by atoms with Crippen LogP contribution in [0.25, 0.3) is 11.3 Å². The average molecular weight is 653 g/mol. The number of halogens is 1. The third-order valence-electron chi connectivity index (χ3n) is 8.26. The van der Waals surface area contributed by atoms with E-state index in [2.05, 4.69) is 30.7 Å². The summed E-state index contributed by atoms with van der Waals surface area (Å²) in [6, 6.07) is 8.33. The summed E-state index contributed by atoms with van der Waals surface area (Å²) in [6.07, 6.45) is 9.45. The van der Waals surface area contributed by atoms with Gasteiger partial charge in [0.05, 0.1) is 49.3 Å². The molecule has 0 bridgehead atoms. The Bertz CT molecular complexity index is 1520. The predicted octanol–water partition coefficient (Wildman–Crippen LogP) is 4.42. The normalized spacial score (nSPS) is 19.5. The Balaban J connectivity index is 1.15. The number of anilines is 2. The van der Waals surface area contributed by atoms with Gasteiger partial charge in [0.25, 0.3) is 5.88 Å². The van der Waals surface area contributed by atoms with Crippen LogP contribution in [0.3, 0.4) is 0 Å². The molecule has 4 heterocycles. The fourth-order valence-corrected chi connectivity index (χ4v) is 6.12. The van der Waals surface area contributed by atoms with E-state index in [1.165, 1.54) is 0 Å². The second kappa shape index (κ2) is 15.6. The molecule has 46 heavy (non-hydrogen) atoms. The summed E-state index contributed by atoms with van der Waals surface area (Å²) in [5.74, 6) is 1.47. The summed E-state index contributed by atoms with van der Waals surface area (Å²) in [6.45, 7) is 9.58. The summed E-state index contributed by atoms with van der Waals surface area (Å²) in [5.41, 5.74) is 2.25. The van der Waals surface area contributed by atoms with Crippen molar-refractivity contribution in [2.75, 3.05) is 51.4 Å². The molecule has 1 aromatic carbocycles. The van der Waals surface area contributed by atoms with E-state index in [4.69, 9.17) is 40.6 Å². The van der Waals surface area contributed by atoms with Crippen molar-refractivity contribution in [1.82, 2.24) is 44.9 Å². The van der Waals surface area contributed by atoms with Gasteiger partial charge in [-0.15, -0.1) is 10.2 Å². The van der Waals surface area contributed by atoms with E-state index in [1.807, 2.05) is 42.9 Å². The van der Waals surface area contributed by atoms with Gasteiger partial charge in [0.2, 0.25) is 5.95 Å². The van der Waals surface area contributed by atoms with Crippen molar-refractivity contribution in [3.05, 3.63) is 48.0 Å². The van der Waals surface area contributed by atoms with Gasteiger partial charge in [0.15, 0.2) is 0 Å². The largest absolute Gasteiger partial charge is 0.487 e. The average Bonchev–Trinajstić information content (AvgIpc) is 3.75. The van der Waals surface area contributed by atoms with Crippen LogP contribution in [0.15, 0.2) is 43.0 Å². The molecule has 0 unspecified atom stereocenters. The Labute approximate surface area is 273 Å². The van der Waals surface area contributed by atoms with Gasteiger partial charge in [0, 0.05) is 37.5 Å². The topological polar surface area (TPSA) is 139 Å². The molecule has 0 radical (unpaired) electrons. The van der Waals surface area contributed by atoms with Crippen molar-refractivity contribution in [2.45, 2.75) is 64.3 Å². The van der Waals surface area contributed by atoms with Crippen molar-refractivity contribution in [3.8, 4) is 22.9 Å². The maximum absolute atomic E-state index is 6.48. The van der Waals surface area contributed by atoms with Crippen LogP contribution in [-0.4, -0.2) is 103 Å². The molecule has 246 valence electrons. The van der Waals surface area contributed by atoms with E-state index in [1.54, 1.807) is 23.3 Å². The van der Waals surface area contributed by atoms with Crippen molar-refractivity contribution >= 4 is 23.2 Å². The Morgan fingerprint density at radius 3 is 2.70 bits per heavy atom. The summed E-state index contributed by atoms with van der Waals surface area (Å²) < 4.78 is 26.9. The maximum Gasteiger partial charge on any atom is 0.257 e. The number of hydrogen-bond acceptors (Lipinski definition) is 12. The van der Waals surface area contributed by atoms with Gasteiger partial charge in [-0.05, 0) is 68.2 Å². The zero-order valence-electron chi connectivity index (χ0n) is 26.3. The van der Waals surface area contributed by atoms with Crippen LogP contribution in [0.2, 0.25) is 5.02 Å². The van der Waals surface area contributed by atoms with Gasteiger partial charge in [-0.3, -0.25) is 9.58 Å². The highest BCUT2D eigenvalue weighted by Gasteiger charge is 2.29.